The van der Waals surface area contributed by atoms with E-state index < -0.39 is 0 Å². The van der Waals surface area contributed by atoms with Gasteiger partial charge in [-0.3, -0.25) is 15.0 Å². The van der Waals surface area contributed by atoms with Gasteiger partial charge in [-0.05, 0) is 0 Å². The molecule has 1 saturated heterocycles. The zero-order chi connectivity index (χ0) is 11.4. The summed E-state index contributed by atoms with van der Waals surface area (Å²) in [6.45, 7) is 4.48. The van der Waals surface area contributed by atoms with Gasteiger partial charge in [0.25, 0.3) is 5.69 Å². The summed E-state index contributed by atoms with van der Waals surface area (Å²) in [5.74, 6) is 0. The summed E-state index contributed by atoms with van der Waals surface area (Å²) in [5.41, 5.74) is 1.02. The number of nitro benzene ring substituents is 1. The molecule has 16 heavy (non-hydrogen) atoms. The first-order valence-electron chi connectivity index (χ1n) is 5.43. The quantitative estimate of drug-likeness (QED) is 0.611. The maximum atomic E-state index is 10.8. The number of rotatable bonds is 3. The van der Waals surface area contributed by atoms with Gasteiger partial charge in [0.2, 0.25) is 0 Å². The molecule has 0 aliphatic carbocycles. The molecule has 1 aromatic rings. The van der Waals surface area contributed by atoms with Crippen molar-refractivity contribution in [2.45, 2.75) is 6.54 Å². The van der Waals surface area contributed by atoms with Crippen LogP contribution in [-0.2, 0) is 6.54 Å². The number of hydrogen-bond donors (Lipinski definition) is 1. The van der Waals surface area contributed by atoms with E-state index in [4.69, 9.17) is 0 Å². The van der Waals surface area contributed by atoms with Gasteiger partial charge in [-0.1, -0.05) is 18.2 Å². The van der Waals surface area contributed by atoms with Crippen molar-refractivity contribution < 1.29 is 4.92 Å². The summed E-state index contributed by atoms with van der Waals surface area (Å²) in [4.78, 5) is 12.8. The highest BCUT2D eigenvalue weighted by Crippen LogP contribution is 2.19. The lowest BCUT2D eigenvalue weighted by Gasteiger charge is -2.26. The number of benzene rings is 1. The van der Waals surface area contributed by atoms with E-state index in [1.807, 2.05) is 12.1 Å². The first-order chi connectivity index (χ1) is 7.77. The van der Waals surface area contributed by atoms with Crippen LogP contribution in [-0.4, -0.2) is 36.0 Å². The molecule has 0 saturated carbocycles. The molecule has 0 unspecified atom stereocenters. The Morgan fingerprint density at radius 2 is 2.00 bits per heavy atom. The average molecular weight is 221 g/mol. The van der Waals surface area contributed by atoms with Crippen LogP contribution in [0.5, 0.6) is 0 Å². The topological polar surface area (TPSA) is 58.4 Å². The lowest BCUT2D eigenvalue weighted by atomic mass is 10.1. The molecule has 1 aliphatic rings. The van der Waals surface area contributed by atoms with Gasteiger partial charge in [0, 0.05) is 44.4 Å². The summed E-state index contributed by atoms with van der Waals surface area (Å²) in [6.07, 6.45) is 0. The van der Waals surface area contributed by atoms with E-state index in [2.05, 4.69) is 10.2 Å². The molecule has 5 nitrogen and oxygen atoms in total. The molecule has 1 heterocycles. The van der Waals surface area contributed by atoms with E-state index in [9.17, 15) is 10.1 Å². The van der Waals surface area contributed by atoms with Crippen molar-refractivity contribution in [3.63, 3.8) is 0 Å². The molecule has 0 radical (unpaired) electrons. The van der Waals surface area contributed by atoms with E-state index >= 15 is 0 Å². The standard InChI is InChI=1S/C11H15N3O2/c15-14(16)11-4-2-1-3-10(11)9-13-7-5-12-6-8-13/h1-4,12H,5-9H2. The first-order valence-corrected chi connectivity index (χ1v) is 5.43. The molecule has 0 amide bonds. The molecule has 0 aromatic heterocycles. The van der Waals surface area contributed by atoms with Gasteiger partial charge in [0.15, 0.2) is 0 Å². The second-order valence-corrected chi connectivity index (χ2v) is 3.91. The fourth-order valence-corrected chi connectivity index (χ4v) is 1.93. The zero-order valence-corrected chi connectivity index (χ0v) is 9.06. The highest BCUT2D eigenvalue weighted by molar-refractivity contribution is 5.39. The monoisotopic (exact) mass is 221 g/mol. The minimum Gasteiger partial charge on any atom is -0.314 e. The van der Waals surface area contributed by atoms with Gasteiger partial charge in [-0.15, -0.1) is 0 Å². The molecule has 1 aliphatic heterocycles. The third-order valence-electron chi connectivity index (χ3n) is 2.79. The molecular formula is C11H15N3O2. The van der Waals surface area contributed by atoms with Gasteiger partial charge >= 0.3 is 0 Å². The van der Waals surface area contributed by atoms with Crippen molar-refractivity contribution in [1.82, 2.24) is 10.2 Å². The van der Waals surface area contributed by atoms with Crippen LogP contribution in [0.3, 0.4) is 0 Å². The van der Waals surface area contributed by atoms with Crippen molar-refractivity contribution in [1.29, 1.82) is 0 Å². The van der Waals surface area contributed by atoms with Gasteiger partial charge in [0.1, 0.15) is 0 Å². The van der Waals surface area contributed by atoms with E-state index in [1.54, 1.807) is 12.1 Å². The lowest BCUT2D eigenvalue weighted by molar-refractivity contribution is -0.385. The Labute approximate surface area is 94.2 Å². The smallest absolute Gasteiger partial charge is 0.273 e. The molecule has 5 heteroatoms. The molecular weight excluding hydrogens is 206 g/mol. The van der Waals surface area contributed by atoms with Crippen LogP contribution in [0.4, 0.5) is 5.69 Å². The Morgan fingerprint density at radius 1 is 1.31 bits per heavy atom. The fraction of sp³-hybridized carbons (Fsp3) is 0.455. The highest BCUT2D eigenvalue weighted by Gasteiger charge is 2.16. The third kappa shape index (κ3) is 2.56. The molecule has 0 spiro atoms. The minimum atomic E-state index is -0.308. The Kier molecular flexibility index (Phi) is 3.48. The fourth-order valence-electron chi connectivity index (χ4n) is 1.93. The number of piperazine rings is 1. The van der Waals surface area contributed by atoms with Gasteiger partial charge in [0.05, 0.1) is 4.92 Å². The Balaban J connectivity index is 2.10. The van der Waals surface area contributed by atoms with Crippen molar-refractivity contribution in [3.8, 4) is 0 Å². The third-order valence-corrected chi connectivity index (χ3v) is 2.79. The Bertz CT molecular complexity index is 375. The van der Waals surface area contributed by atoms with Crippen LogP contribution >= 0.6 is 0 Å². The molecule has 1 N–H and O–H groups in total. The maximum absolute atomic E-state index is 10.8. The van der Waals surface area contributed by atoms with Crippen LogP contribution < -0.4 is 5.32 Å². The summed E-state index contributed by atoms with van der Waals surface area (Å²) >= 11 is 0. The van der Waals surface area contributed by atoms with Crippen molar-refractivity contribution in [2.75, 3.05) is 26.2 Å². The van der Waals surface area contributed by atoms with Crippen LogP contribution in [0.1, 0.15) is 5.56 Å². The van der Waals surface area contributed by atoms with E-state index in [0.717, 1.165) is 31.7 Å². The van der Waals surface area contributed by atoms with Crippen molar-refractivity contribution in [3.05, 3.63) is 39.9 Å². The summed E-state index contributed by atoms with van der Waals surface area (Å²) in [5, 5.41) is 14.1. The number of nitro groups is 1. The SMILES string of the molecule is O=[N+]([O-])c1ccccc1CN1CCNCC1. The summed E-state index contributed by atoms with van der Waals surface area (Å²) in [6, 6.07) is 6.96. The second-order valence-electron chi connectivity index (χ2n) is 3.91. The zero-order valence-electron chi connectivity index (χ0n) is 9.06. The second kappa shape index (κ2) is 5.05. The van der Waals surface area contributed by atoms with E-state index in [-0.39, 0.29) is 10.6 Å². The first kappa shape index (κ1) is 11.0. The Hall–Kier alpha value is -1.46. The molecule has 0 atom stereocenters. The van der Waals surface area contributed by atoms with Crippen LogP contribution in [0.25, 0.3) is 0 Å². The number of nitrogens with zero attached hydrogens (tertiary/aromatic N) is 2. The van der Waals surface area contributed by atoms with Crippen LogP contribution in [0.2, 0.25) is 0 Å². The van der Waals surface area contributed by atoms with Gasteiger partial charge < -0.3 is 5.32 Å². The lowest BCUT2D eigenvalue weighted by Crippen LogP contribution is -2.42. The Morgan fingerprint density at radius 3 is 2.69 bits per heavy atom. The summed E-state index contributed by atoms with van der Waals surface area (Å²) in [7, 11) is 0. The van der Waals surface area contributed by atoms with Gasteiger partial charge in [-0.25, -0.2) is 0 Å². The van der Waals surface area contributed by atoms with Gasteiger partial charge in [-0.2, -0.15) is 0 Å². The minimum absolute atomic E-state index is 0.223. The molecule has 1 aromatic carbocycles. The van der Waals surface area contributed by atoms with Crippen LogP contribution in [0.15, 0.2) is 24.3 Å². The normalized spacial score (nSPS) is 17.2. The highest BCUT2D eigenvalue weighted by atomic mass is 16.6. The number of para-hydroxylation sites is 1. The largest absolute Gasteiger partial charge is 0.314 e. The predicted molar refractivity (Wildman–Crippen MR) is 61.2 cm³/mol. The maximum Gasteiger partial charge on any atom is 0.273 e. The summed E-state index contributed by atoms with van der Waals surface area (Å²) < 4.78 is 0. The number of hydrogen-bond acceptors (Lipinski definition) is 4. The van der Waals surface area contributed by atoms with Crippen molar-refractivity contribution in [2.24, 2.45) is 0 Å². The molecule has 1 fully saturated rings. The van der Waals surface area contributed by atoms with Crippen molar-refractivity contribution >= 4 is 5.69 Å². The molecule has 0 bridgehead atoms. The van der Waals surface area contributed by atoms with E-state index in [1.165, 1.54) is 0 Å². The predicted octanol–water partition coefficient (Wildman–Crippen LogP) is 1.00. The molecule has 2 rings (SSSR count). The van der Waals surface area contributed by atoms with Crippen LogP contribution in [0, 0.1) is 10.1 Å². The molecule has 86 valence electrons. The van der Waals surface area contributed by atoms with E-state index in [0.29, 0.717) is 6.54 Å². The number of nitrogens with one attached hydrogen (secondary N) is 1. The average Bonchev–Trinajstić information content (AvgIpc) is 2.31.